The summed E-state index contributed by atoms with van der Waals surface area (Å²) in [5.74, 6) is 0. The molecule has 0 saturated heterocycles. The van der Waals surface area contributed by atoms with Crippen molar-refractivity contribution in [3.8, 4) is 22.3 Å². The van der Waals surface area contributed by atoms with Crippen molar-refractivity contribution in [2.75, 3.05) is 4.90 Å². The van der Waals surface area contributed by atoms with Gasteiger partial charge in [-0.1, -0.05) is 127 Å². The summed E-state index contributed by atoms with van der Waals surface area (Å²) in [7, 11) is 0. The van der Waals surface area contributed by atoms with Crippen molar-refractivity contribution in [3.05, 3.63) is 176 Å². The van der Waals surface area contributed by atoms with Gasteiger partial charge in [0.1, 0.15) is 11.2 Å². The summed E-state index contributed by atoms with van der Waals surface area (Å²) in [5, 5.41) is 7.02. The molecule has 0 aliphatic rings. The molecule has 3 heteroatoms. The van der Waals surface area contributed by atoms with E-state index in [1.807, 2.05) is 11.3 Å². The molecule has 49 heavy (non-hydrogen) atoms. The van der Waals surface area contributed by atoms with E-state index >= 15 is 0 Å². The summed E-state index contributed by atoms with van der Waals surface area (Å²) in [6.07, 6.45) is 0. The number of nitrogens with zero attached hydrogens (tertiary/aromatic N) is 1. The van der Waals surface area contributed by atoms with Gasteiger partial charge in [-0.15, -0.1) is 11.3 Å². The van der Waals surface area contributed by atoms with E-state index in [4.69, 9.17) is 4.42 Å². The maximum Gasteiger partial charge on any atom is 0.143 e. The van der Waals surface area contributed by atoms with Crippen LogP contribution < -0.4 is 4.90 Å². The van der Waals surface area contributed by atoms with Crippen LogP contribution in [0.25, 0.3) is 75.1 Å². The molecule has 0 radical (unpaired) electrons. The third-order valence-corrected chi connectivity index (χ3v) is 10.8. The molecule has 230 valence electrons. The van der Waals surface area contributed by atoms with Crippen LogP contribution in [0.4, 0.5) is 17.1 Å². The van der Waals surface area contributed by atoms with Gasteiger partial charge in [0, 0.05) is 58.7 Å². The van der Waals surface area contributed by atoms with Crippen molar-refractivity contribution >= 4 is 81.3 Å². The van der Waals surface area contributed by atoms with Gasteiger partial charge >= 0.3 is 0 Å². The number of hydrogen-bond donors (Lipinski definition) is 0. The highest BCUT2D eigenvalue weighted by molar-refractivity contribution is 7.25. The maximum atomic E-state index is 6.92. The molecule has 10 aromatic rings. The van der Waals surface area contributed by atoms with Gasteiger partial charge in [0.15, 0.2) is 0 Å². The standard InChI is InChI=1S/C46H29NOS/c1-3-13-30(14-4-1)31-15-11-16-32(27-31)35-22-12-23-39-41-29-42(36-19-7-8-21-38(36)46(41)48-45(35)39)47(33-17-5-2-6-18-33)34-25-26-44-40(28-34)37-20-9-10-24-43(37)49-44/h1-29H. The molecule has 0 fully saturated rings. The summed E-state index contributed by atoms with van der Waals surface area (Å²) >= 11 is 1.85. The Morgan fingerprint density at radius 2 is 1.00 bits per heavy atom. The molecule has 0 unspecified atom stereocenters. The summed E-state index contributed by atoms with van der Waals surface area (Å²) < 4.78 is 9.52. The van der Waals surface area contributed by atoms with Gasteiger partial charge in [-0.25, -0.2) is 0 Å². The van der Waals surface area contributed by atoms with E-state index in [0.29, 0.717) is 0 Å². The smallest absolute Gasteiger partial charge is 0.143 e. The van der Waals surface area contributed by atoms with Crippen LogP contribution >= 0.6 is 11.3 Å². The van der Waals surface area contributed by atoms with E-state index < -0.39 is 0 Å². The average Bonchev–Trinajstić information content (AvgIpc) is 3.74. The van der Waals surface area contributed by atoms with Crippen LogP contribution in [-0.2, 0) is 0 Å². The minimum absolute atomic E-state index is 0.905. The molecule has 2 aromatic heterocycles. The lowest BCUT2D eigenvalue weighted by Crippen LogP contribution is -2.10. The SMILES string of the molecule is c1ccc(-c2cccc(-c3cccc4c3oc3c5ccccc5c(N(c5ccccc5)c5ccc6sc7ccccc7c6c5)cc43)c2)cc1. The maximum absolute atomic E-state index is 6.92. The number of fused-ring (bicyclic) bond motifs is 8. The molecule has 0 spiro atoms. The van der Waals surface area contributed by atoms with Crippen molar-refractivity contribution in [1.29, 1.82) is 0 Å². The highest BCUT2D eigenvalue weighted by Crippen LogP contribution is 2.47. The lowest BCUT2D eigenvalue weighted by Gasteiger charge is -2.27. The van der Waals surface area contributed by atoms with Crippen molar-refractivity contribution in [2.24, 2.45) is 0 Å². The number of rotatable bonds is 5. The number of hydrogen-bond acceptors (Lipinski definition) is 3. The van der Waals surface area contributed by atoms with Gasteiger partial charge in [-0.2, -0.15) is 0 Å². The first kappa shape index (κ1) is 27.9. The summed E-state index contributed by atoms with van der Waals surface area (Å²) in [5.41, 5.74) is 9.78. The van der Waals surface area contributed by atoms with Crippen molar-refractivity contribution in [2.45, 2.75) is 0 Å². The minimum Gasteiger partial charge on any atom is -0.455 e. The number of benzene rings is 8. The molecule has 0 saturated carbocycles. The van der Waals surface area contributed by atoms with Gasteiger partial charge in [0.2, 0.25) is 0 Å². The van der Waals surface area contributed by atoms with Gasteiger partial charge in [-0.05, 0) is 65.2 Å². The van der Waals surface area contributed by atoms with Crippen LogP contribution in [0.2, 0.25) is 0 Å². The molecule has 2 nitrogen and oxygen atoms in total. The molecule has 0 N–H and O–H groups in total. The molecule has 0 atom stereocenters. The second-order valence-electron chi connectivity index (χ2n) is 12.5. The largest absolute Gasteiger partial charge is 0.455 e. The first-order valence-electron chi connectivity index (χ1n) is 16.6. The zero-order chi connectivity index (χ0) is 32.3. The molecule has 0 aliphatic heterocycles. The van der Waals surface area contributed by atoms with E-state index in [1.54, 1.807) is 0 Å². The number of anilines is 3. The first-order chi connectivity index (χ1) is 24.3. The predicted molar refractivity (Wildman–Crippen MR) is 210 cm³/mol. The van der Waals surface area contributed by atoms with E-state index in [9.17, 15) is 0 Å². The molecule has 8 aromatic carbocycles. The highest BCUT2D eigenvalue weighted by Gasteiger charge is 2.22. The molecule has 2 heterocycles. The van der Waals surface area contributed by atoms with Crippen molar-refractivity contribution in [1.82, 2.24) is 0 Å². The number of para-hydroxylation sites is 2. The summed E-state index contributed by atoms with van der Waals surface area (Å²) in [4.78, 5) is 2.40. The Bertz CT molecular complexity index is 2830. The Morgan fingerprint density at radius 3 is 1.86 bits per heavy atom. The average molecular weight is 644 g/mol. The van der Waals surface area contributed by atoms with Gasteiger partial charge in [-0.3, -0.25) is 0 Å². The molecule has 10 rings (SSSR count). The normalized spacial score (nSPS) is 11.7. The van der Waals surface area contributed by atoms with Crippen LogP contribution in [-0.4, -0.2) is 0 Å². The Kier molecular flexibility index (Phi) is 6.39. The number of thiophene rings is 1. The molecule has 0 aliphatic carbocycles. The highest BCUT2D eigenvalue weighted by atomic mass is 32.1. The van der Waals surface area contributed by atoms with E-state index in [-0.39, 0.29) is 0 Å². The van der Waals surface area contributed by atoms with Crippen LogP contribution in [0.15, 0.2) is 180 Å². The molecular weight excluding hydrogens is 615 g/mol. The molecule has 0 bridgehead atoms. The fraction of sp³-hybridized carbons (Fsp3) is 0. The lowest BCUT2D eigenvalue weighted by molar-refractivity contribution is 0.674. The van der Waals surface area contributed by atoms with Crippen LogP contribution in [0.5, 0.6) is 0 Å². The Balaban J connectivity index is 1.22. The first-order valence-corrected chi connectivity index (χ1v) is 17.4. The summed E-state index contributed by atoms with van der Waals surface area (Å²) in [6, 6.07) is 63.1. The fourth-order valence-corrected chi connectivity index (χ4v) is 8.45. The van der Waals surface area contributed by atoms with Crippen LogP contribution in [0, 0.1) is 0 Å². The Hall–Kier alpha value is -6.16. The molecule has 0 amide bonds. The number of furan rings is 1. The third-order valence-electron chi connectivity index (χ3n) is 9.64. The van der Waals surface area contributed by atoms with E-state index in [1.165, 1.54) is 31.3 Å². The van der Waals surface area contributed by atoms with Gasteiger partial charge in [0.05, 0.1) is 5.69 Å². The second-order valence-corrected chi connectivity index (χ2v) is 13.6. The third kappa shape index (κ3) is 4.55. The monoisotopic (exact) mass is 643 g/mol. The summed E-state index contributed by atoms with van der Waals surface area (Å²) in [6.45, 7) is 0. The van der Waals surface area contributed by atoms with E-state index in [2.05, 4.69) is 181 Å². The minimum atomic E-state index is 0.905. The fourth-order valence-electron chi connectivity index (χ4n) is 7.37. The predicted octanol–water partition coefficient (Wildman–Crippen LogP) is 13.9. The zero-order valence-electron chi connectivity index (χ0n) is 26.5. The molecular formula is C46H29NOS. The van der Waals surface area contributed by atoms with Crippen LogP contribution in [0.3, 0.4) is 0 Å². The van der Waals surface area contributed by atoms with Crippen LogP contribution in [0.1, 0.15) is 0 Å². The Morgan fingerprint density at radius 1 is 0.367 bits per heavy atom. The lowest BCUT2D eigenvalue weighted by atomic mass is 9.97. The zero-order valence-corrected chi connectivity index (χ0v) is 27.3. The quantitative estimate of drug-likeness (QED) is 0.186. The van der Waals surface area contributed by atoms with E-state index in [0.717, 1.165) is 60.9 Å². The van der Waals surface area contributed by atoms with Crippen molar-refractivity contribution in [3.63, 3.8) is 0 Å². The topological polar surface area (TPSA) is 16.4 Å². The van der Waals surface area contributed by atoms with Crippen molar-refractivity contribution < 1.29 is 4.42 Å². The second kappa shape index (κ2) is 11.2. The van der Waals surface area contributed by atoms with Gasteiger partial charge < -0.3 is 9.32 Å². The Labute approximate surface area is 287 Å². The van der Waals surface area contributed by atoms with Gasteiger partial charge in [0.25, 0.3) is 0 Å².